The van der Waals surface area contributed by atoms with Crippen LogP contribution in [0.25, 0.3) is 0 Å². The van der Waals surface area contributed by atoms with Crippen LogP contribution >= 0.6 is 11.6 Å². The molecule has 104 valence electrons. The molecule has 1 aromatic rings. The molecule has 1 saturated heterocycles. The lowest BCUT2D eigenvalue weighted by atomic mass is 10.0. The quantitative estimate of drug-likeness (QED) is 0.387. The van der Waals surface area contributed by atoms with Gasteiger partial charge in [-0.3, -0.25) is 0 Å². The van der Waals surface area contributed by atoms with E-state index in [0.717, 1.165) is 12.2 Å². The second kappa shape index (κ2) is 5.70. The molecule has 5 heteroatoms. The molecule has 0 radical (unpaired) electrons. The molecule has 1 atom stereocenters. The highest BCUT2D eigenvalue weighted by Crippen LogP contribution is 2.33. The standard InChI is InChI=1S/C14H20ClN3O/c1-9(2)12-4-3-7-18(12)13-6-5-10(15)8-11(13)14(16)17-19/h5-6,8-9,12,19H,3-4,7H2,1-2H3,(H2,16,17). The third-order valence-electron chi connectivity index (χ3n) is 3.72. The number of amidine groups is 1. The predicted octanol–water partition coefficient (Wildman–Crippen LogP) is 3.06. The van der Waals surface area contributed by atoms with Crippen LogP contribution in [0.2, 0.25) is 5.02 Å². The summed E-state index contributed by atoms with van der Waals surface area (Å²) in [4.78, 5) is 2.34. The highest BCUT2D eigenvalue weighted by molar-refractivity contribution is 6.31. The zero-order valence-electron chi connectivity index (χ0n) is 11.3. The molecule has 0 spiro atoms. The van der Waals surface area contributed by atoms with E-state index in [9.17, 15) is 0 Å². The lowest BCUT2D eigenvalue weighted by Crippen LogP contribution is -2.35. The fourth-order valence-corrected chi connectivity index (χ4v) is 2.97. The van der Waals surface area contributed by atoms with E-state index < -0.39 is 0 Å². The Morgan fingerprint density at radius 3 is 2.89 bits per heavy atom. The van der Waals surface area contributed by atoms with Crippen molar-refractivity contribution in [3.63, 3.8) is 0 Å². The molecule has 0 amide bonds. The molecule has 1 heterocycles. The average molecular weight is 282 g/mol. The molecule has 4 nitrogen and oxygen atoms in total. The van der Waals surface area contributed by atoms with Gasteiger partial charge in [-0.2, -0.15) is 0 Å². The lowest BCUT2D eigenvalue weighted by Gasteiger charge is -2.31. The minimum absolute atomic E-state index is 0.104. The summed E-state index contributed by atoms with van der Waals surface area (Å²) in [6, 6.07) is 6.05. The maximum Gasteiger partial charge on any atom is 0.172 e. The number of oxime groups is 1. The van der Waals surface area contributed by atoms with Crippen LogP contribution in [0, 0.1) is 5.92 Å². The van der Waals surface area contributed by atoms with Crippen molar-refractivity contribution in [3.8, 4) is 0 Å². The minimum Gasteiger partial charge on any atom is -0.409 e. The van der Waals surface area contributed by atoms with Gasteiger partial charge in [0, 0.05) is 28.9 Å². The number of halogens is 1. The summed E-state index contributed by atoms with van der Waals surface area (Å²) in [5, 5.41) is 12.6. The molecular weight excluding hydrogens is 262 g/mol. The van der Waals surface area contributed by atoms with Crippen LogP contribution in [0.3, 0.4) is 0 Å². The Hall–Kier alpha value is -1.42. The molecule has 0 aliphatic carbocycles. The van der Waals surface area contributed by atoms with E-state index in [1.54, 1.807) is 6.07 Å². The van der Waals surface area contributed by atoms with E-state index in [2.05, 4.69) is 23.9 Å². The van der Waals surface area contributed by atoms with Crippen molar-refractivity contribution in [2.75, 3.05) is 11.4 Å². The summed E-state index contributed by atoms with van der Waals surface area (Å²) in [5.74, 6) is 0.672. The summed E-state index contributed by atoms with van der Waals surface area (Å²) in [6.45, 7) is 5.44. The van der Waals surface area contributed by atoms with Crippen LogP contribution in [0.5, 0.6) is 0 Å². The Morgan fingerprint density at radius 2 is 2.26 bits per heavy atom. The Morgan fingerprint density at radius 1 is 1.53 bits per heavy atom. The van der Waals surface area contributed by atoms with Crippen molar-refractivity contribution in [2.45, 2.75) is 32.7 Å². The SMILES string of the molecule is CC(C)C1CCCN1c1ccc(Cl)cc1C(N)=NO. The van der Waals surface area contributed by atoms with Crippen molar-refractivity contribution in [1.29, 1.82) is 0 Å². The first-order valence-corrected chi connectivity index (χ1v) is 6.96. The fraction of sp³-hybridized carbons (Fsp3) is 0.500. The summed E-state index contributed by atoms with van der Waals surface area (Å²) >= 11 is 6.01. The number of rotatable bonds is 3. The van der Waals surface area contributed by atoms with Crippen LogP contribution in [0.1, 0.15) is 32.3 Å². The van der Waals surface area contributed by atoms with Crippen molar-refractivity contribution >= 4 is 23.1 Å². The predicted molar refractivity (Wildman–Crippen MR) is 79.2 cm³/mol. The second-order valence-corrected chi connectivity index (χ2v) is 5.73. The van der Waals surface area contributed by atoms with E-state index in [1.165, 1.54) is 12.8 Å². The number of hydrogen-bond donors (Lipinski definition) is 2. The van der Waals surface area contributed by atoms with Gasteiger partial charge in [0.05, 0.1) is 0 Å². The zero-order valence-corrected chi connectivity index (χ0v) is 12.1. The van der Waals surface area contributed by atoms with E-state index in [4.69, 9.17) is 22.5 Å². The molecule has 0 aromatic heterocycles. The summed E-state index contributed by atoms with van der Waals surface area (Å²) in [7, 11) is 0. The Kier molecular flexibility index (Phi) is 4.20. The molecule has 1 aliphatic rings. The molecule has 1 fully saturated rings. The first kappa shape index (κ1) is 14.0. The van der Waals surface area contributed by atoms with E-state index in [1.807, 2.05) is 12.1 Å². The number of anilines is 1. The van der Waals surface area contributed by atoms with Gasteiger partial charge in [0.25, 0.3) is 0 Å². The van der Waals surface area contributed by atoms with Crippen molar-refractivity contribution < 1.29 is 5.21 Å². The number of benzene rings is 1. The maximum absolute atomic E-state index is 8.92. The van der Waals surface area contributed by atoms with Crippen LogP contribution in [0.15, 0.2) is 23.4 Å². The Labute approximate surface area is 118 Å². The highest BCUT2D eigenvalue weighted by atomic mass is 35.5. The second-order valence-electron chi connectivity index (χ2n) is 5.29. The monoisotopic (exact) mass is 281 g/mol. The number of nitrogens with zero attached hydrogens (tertiary/aromatic N) is 2. The van der Waals surface area contributed by atoms with Gasteiger partial charge in [0.1, 0.15) is 0 Å². The minimum atomic E-state index is 0.104. The molecule has 0 saturated carbocycles. The maximum atomic E-state index is 8.92. The van der Waals surface area contributed by atoms with Crippen molar-refractivity contribution in [2.24, 2.45) is 16.8 Å². The van der Waals surface area contributed by atoms with Gasteiger partial charge in [0.15, 0.2) is 5.84 Å². The van der Waals surface area contributed by atoms with Crippen molar-refractivity contribution in [1.82, 2.24) is 0 Å². The highest BCUT2D eigenvalue weighted by Gasteiger charge is 2.29. The summed E-state index contributed by atoms with van der Waals surface area (Å²) in [5.41, 5.74) is 7.46. The summed E-state index contributed by atoms with van der Waals surface area (Å²) in [6.07, 6.45) is 2.34. The first-order valence-electron chi connectivity index (χ1n) is 6.58. The first-order chi connectivity index (χ1) is 9.04. The van der Waals surface area contributed by atoms with Gasteiger partial charge in [-0.25, -0.2) is 0 Å². The van der Waals surface area contributed by atoms with E-state index in [-0.39, 0.29) is 5.84 Å². The molecule has 2 rings (SSSR count). The van der Waals surface area contributed by atoms with Gasteiger partial charge < -0.3 is 15.8 Å². The third-order valence-corrected chi connectivity index (χ3v) is 3.96. The zero-order chi connectivity index (χ0) is 14.0. The number of nitrogens with two attached hydrogens (primary N) is 1. The van der Waals surface area contributed by atoms with Crippen LogP contribution in [-0.4, -0.2) is 23.6 Å². The van der Waals surface area contributed by atoms with Crippen LogP contribution in [-0.2, 0) is 0 Å². The third kappa shape index (κ3) is 2.78. The molecule has 3 N–H and O–H groups in total. The van der Waals surface area contributed by atoms with E-state index in [0.29, 0.717) is 22.5 Å². The summed E-state index contributed by atoms with van der Waals surface area (Å²) < 4.78 is 0. The molecule has 1 aliphatic heterocycles. The van der Waals surface area contributed by atoms with Gasteiger partial charge in [0.2, 0.25) is 0 Å². The molecule has 1 unspecified atom stereocenters. The fourth-order valence-electron chi connectivity index (χ4n) is 2.80. The van der Waals surface area contributed by atoms with Crippen LogP contribution in [0.4, 0.5) is 5.69 Å². The van der Waals surface area contributed by atoms with E-state index >= 15 is 0 Å². The van der Waals surface area contributed by atoms with Gasteiger partial charge in [-0.05, 0) is 37.0 Å². The molecular formula is C14H20ClN3O. The largest absolute Gasteiger partial charge is 0.409 e. The van der Waals surface area contributed by atoms with Crippen LogP contribution < -0.4 is 10.6 Å². The topological polar surface area (TPSA) is 61.8 Å². The Balaban J connectivity index is 2.44. The lowest BCUT2D eigenvalue weighted by molar-refractivity contribution is 0.318. The molecule has 19 heavy (non-hydrogen) atoms. The van der Waals surface area contributed by atoms with Gasteiger partial charge >= 0.3 is 0 Å². The van der Waals surface area contributed by atoms with Gasteiger partial charge in [-0.1, -0.05) is 30.6 Å². The smallest absolute Gasteiger partial charge is 0.172 e. The molecule has 0 bridgehead atoms. The normalized spacial score (nSPS) is 20.3. The average Bonchev–Trinajstić information content (AvgIpc) is 2.87. The molecule has 1 aromatic carbocycles. The van der Waals surface area contributed by atoms with Crippen molar-refractivity contribution in [3.05, 3.63) is 28.8 Å². The van der Waals surface area contributed by atoms with Gasteiger partial charge in [-0.15, -0.1) is 0 Å². The Bertz CT molecular complexity index is 488. The number of hydrogen-bond acceptors (Lipinski definition) is 3.